The van der Waals surface area contributed by atoms with Crippen molar-refractivity contribution >= 4 is 27.0 Å². The zero-order valence-corrected chi connectivity index (χ0v) is 15.2. The van der Waals surface area contributed by atoms with Crippen LogP contribution in [-0.4, -0.2) is 18.7 Å². The van der Waals surface area contributed by atoms with Crippen molar-refractivity contribution in [3.05, 3.63) is 78.9 Å². The van der Waals surface area contributed by atoms with Gasteiger partial charge in [0.1, 0.15) is 5.25 Å². The summed E-state index contributed by atoms with van der Waals surface area (Å²) in [6.45, 7) is 6.04. The summed E-state index contributed by atoms with van der Waals surface area (Å²) in [5.74, 6) is -0.300. The van der Waals surface area contributed by atoms with Crippen molar-refractivity contribution in [2.24, 2.45) is 5.92 Å². The van der Waals surface area contributed by atoms with Gasteiger partial charge in [0, 0.05) is 6.54 Å². The van der Waals surface area contributed by atoms with Crippen LogP contribution in [0.2, 0.25) is 0 Å². The molecule has 1 N–H and O–H groups in total. The summed E-state index contributed by atoms with van der Waals surface area (Å²) in [4.78, 5) is 0.586. The molecule has 2 unspecified atom stereocenters. The average molecular weight is 360 g/mol. The Kier molecular flexibility index (Phi) is 6.29. The van der Waals surface area contributed by atoms with Gasteiger partial charge >= 0.3 is 0 Å². The molecule has 0 spiro atoms. The fourth-order valence-electron chi connectivity index (χ4n) is 2.43. The molecule has 24 heavy (non-hydrogen) atoms. The first-order valence-electron chi connectivity index (χ1n) is 7.70. The fraction of sp³-hybridized carbons (Fsp3) is 0.211. The van der Waals surface area contributed by atoms with E-state index < -0.39 is 15.1 Å². The van der Waals surface area contributed by atoms with Gasteiger partial charge in [-0.3, -0.25) is 0 Å². The molecule has 2 rings (SSSR count). The van der Waals surface area contributed by atoms with Crippen molar-refractivity contribution in [3.63, 3.8) is 0 Å². The molecule has 0 fully saturated rings. The molecule has 0 amide bonds. The summed E-state index contributed by atoms with van der Waals surface area (Å²) >= 11 is 5.43. The summed E-state index contributed by atoms with van der Waals surface area (Å²) in [5.41, 5.74) is 1.04. The molecule has 0 heterocycles. The molecule has 126 valence electrons. The number of nitrogens with one attached hydrogen (secondary N) is 1. The van der Waals surface area contributed by atoms with Crippen molar-refractivity contribution in [2.75, 3.05) is 0 Å². The zero-order chi connectivity index (χ0) is 17.6. The van der Waals surface area contributed by atoms with Crippen LogP contribution in [0.15, 0.2) is 78.2 Å². The Morgan fingerprint density at radius 3 is 2.21 bits per heavy atom. The van der Waals surface area contributed by atoms with Crippen molar-refractivity contribution in [1.29, 1.82) is 0 Å². The van der Waals surface area contributed by atoms with Crippen molar-refractivity contribution in [2.45, 2.75) is 23.6 Å². The number of hydrogen-bond donors (Lipinski definition) is 1. The Morgan fingerprint density at radius 2 is 1.67 bits per heavy atom. The monoisotopic (exact) mass is 359 g/mol. The van der Waals surface area contributed by atoms with E-state index in [1.165, 1.54) is 0 Å². The lowest BCUT2D eigenvalue weighted by Crippen LogP contribution is -2.42. The van der Waals surface area contributed by atoms with Crippen LogP contribution >= 0.6 is 12.2 Å². The molecular formula is C19H21NO2S2. The number of hydrogen-bond acceptors (Lipinski definition) is 3. The highest BCUT2D eigenvalue weighted by atomic mass is 32.2. The Morgan fingerprint density at radius 1 is 1.12 bits per heavy atom. The first-order chi connectivity index (χ1) is 11.5. The van der Waals surface area contributed by atoms with Crippen LogP contribution in [0.3, 0.4) is 0 Å². The number of rotatable bonds is 7. The molecule has 0 aliphatic heterocycles. The molecule has 2 aromatic rings. The third-order valence-corrected chi connectivity index (χ3v) is 6.63. The van der Waals surface area contributed by atoms with E-state index >= 15 is 0 Å². The zero-order valence-electron chi connectivity index (χ0n) is 13.6. The Hall–Kier alpha value is -1.98. The Labute approximate surface area is 149 Å². The maximum absolute atomic E-state index is 13.0. The van der Waals surface area contributed by atoms with Crippen molar-refractivity contribution in [3.8, 4) is 0 Å². The standard InChI is InChI=1S/C19H21NO2S2/c1-3-15(2)18(24(21,22)17-12-8-5-9-13-17)19(23)20-14-16-10-6-4-7-11-16/h3-13,15,18H,1,14H2,2H3,(H,20,23). The van der Waals surface area contributed by atoms with E-state index in [4.69, 9.17) is 12.2 Å². The van der Waals surface area contributed by atoms with E-state index in [2.05, 4.69) is 11.9 Å². The molecule has 2 atom stereocenters. The molecule has 0 saturated carbocycles. The van der Waals surface area contributed by atoms with E-state index in [0.29, 0.717) is 11.5 Å². The number of thiocarbonyl (C=S) groups is 1. The van der Waals surface area contributed by atoms with Crippen LogP contribution in [0, 0.1) is 5.92 Å². The second kappa shape index (κ2) is 8.22. The van der Waals surface area contributed by atoms with Crippen LogP contribution < -0.4 is 5.32 Å². The molecular weight excluding hydrogens is 338 g/mol. The van der Waals surface area contributed by atoms with Gasteiger partial charge in [-0.2, -0.15) is 0 Å². The highest BCUT2D eigenvalue weighted by Gasteiger charge is 2.34. The molecule has 0 radical (unpaired) electrons. The third kappa shape index (κ3) is 4.30. The first-order valence-corrected chi connectivity index (χ1v) is 9.65. The smallest absolute Gasteiger partial charge is 0.188 e. The van der Waals surface area contributed by atoms with Crippen molar-refractivity contribution < 1.29 is 8.42 Å². The molecule has 5 heteroatoms. The van der Waals surface area contributed by atoms with Crippen LogP contribution in [0.25, 0.3) is 0 Å². The van der Waals surface area contributed by atoms with Crippen LogP contribution in [0.5, 0.6) is 0 Å². The van der Waals surface area contributed by atoms with E-state index in [0.717, 1.165) is 5.56 Å². The van der Waals surface area contributed by atoms with Gasteiger partial charge < -0.3 is 5.32 Å². The van der Waals surface area contributed by atoms with Gasteiger partial charge in [0.25, 0.3) is 0 Å². The van der Waals surface area contributed by atoms with Gasteiger partial charge in [-0.25, -0.2) is 8.42 Å². The lowest BCUT2D eigenvalue weighted by Gasteiger charge is -2.23. The Bertz CT molecular complexity index is 787. The Balaban J connectivity index is 2.25. The molecule has 0 aliphatic rings. The second-order valence-electron chi connectivity index (χ2n) is 5.58. The molecule has 3 nitrogen and oxygen atoms in total. The average Bonchev–Trinajstić information content (AvgIpc) is 2.61. The number of allylic oxidation sites excluding steroid dienone is 1. The van der Waals surface area contributed by atoms with E-state index in [1.807, 2.05) is 37.3 Å². The third-order valence-electron chi connectivity index (χ3n) is 3.82. The minimum absolute atomic E-state index is 0.271. The first kappa shape index (κ1) is 18.4. The van der Waals surface area contributed by atoms with Gasteiger partial charge in [-0.15, -0.1) is 6.58 Å². The fourth-order valence-corrected chi connectivity index (χ4v) is 4.97. The maximum atomic E-state index is 13.0. The normalized spacial score (nSPS) is 13.7. The molecule has 2 aromatic carbocycles. The van der Waals surface area contributed by atoms with Crippen molar-refractivity contribution in [1.82, 2.24) is 5.32 Å². The summed E-state index contributed by atoms with van der Waals surface area (Å²) in [5, 5.41) is 2.26. The predicted molar refractivity (Wildman–Crippen MR) is 103 cm³/mol. The summed E-state index contributed by atoms with van der Waals surface area (Å²) < 4.78 is 26.0. The van der Waals surface area contributed by atoms with E-state index in [9.17, 15) is 8.42 Å². The lowest BCUT2D eigenvalue weighted by molar-refractivity contribution is 0.577. The summed E-state index contributed by atoms with van der Waals surface area (Å²) in [6.07, 6.45) is 1.63. The summed E-state index contributed by atoms with van der Waals surface area (Å²) in [7, 11) is -3.59. The maximum Gasteiger partial charge on any atom is 0.188 e. The lowest BCUT2D eigenvalue weighted by atomic mass is 10.1. The van der Waals surface area contributed by atoms with E-state index in [1.54, 1.807) is 36.4 Å². The quantitative estimate of drug-likeness (QED) is 0.604. The van der Waals surface area contributed by atoms with Crippen LogP contribution in [0.4, 0.5) is 0 Å². The summed E-state index contributed by atoms with van der Waals surface area (Å²) in [6, 6.07) is 18.1. The van der Waals surface area contributed by atoms with Gasteiger partial charge in [0.2, 0.25) is 0 Å². The minimum Gasteiger partial charge on any atom is -0.374 e. The molecule has 0 saturated heterocycles. The minimum atomic E-state index is -3.59. The topological polar surface area (TPSA) is 46.2 Å². The van der Waals surface area contributed by atoms with Crippen LogP contribution in [-0.2, 0) is 16.4 Å². The van der Waals surface area contributed by atoms with Gasteiger partial charge in [-0.05, 0) is 23.6 Å². The predicted octanol–water partition coefficient (Wildman–Crippen LogP) is 3.77. The highest BCUT2D eigenvalue weighted by molar-refractivity contribution is 7.94. The number of benzene rings is 2. The molecule has 0 aromatic heterocycles. The molecule has 0 aliphatic carbocycles. The highest BCUT2D eigenvalue weighted by Crippen LogP contribution is 2.23. The number of sulfone groups is 1. The van der Waals surface area contributed by atoms with E-state index in [-0.39, 0.29) is 10.8 Å². The van der Waals surface area contributed by atoms with Gasteiger partial charge in [-0.1, -0.05) is 73.7 Å². The van der Waals surface area contributed by atoms with Crippen LogP contribution in [0.1, 0.15) is 12.5 Å². The van der Waals surface area contributed by atoms with Gasteiger partial charge in [0.05, 0.1) is 9.88 Å². The second-order valence-corrected chi connectivity index (χ2v) is 8.09. The molecule has 0 bridgehead atoms. The SMILES string of the molecule is C=CC(C)C(C(=S)NCc1ccccc1)S(=O)(=O)c1ccccc1. The van der Waals surface area contributed by atoms with Gasteiger partial charge in [0.15, 0.2) is 9.84 Å². The largest absolute Gasteiger partial charge is 0.374 e.